The highest BCUT2D eigenvalue weighted by Crippen LogP contribution is 2.35. The van der Waals surface area contributed by atoms with Crippen LogP contribution < -0.4 is 25.8 Å². The van der Waals surface area contributed by atoms with E-state index < -0.39 is 12.0 Å². The first-order valence-electron chi connectivity index (χ1n) is 13.5. The fourth-order valence-electron chi connectivity index (χ4n) is 4.47. The molecule has 0 radical (unpaired) electrons. The molecular formula is C30H36N6O5. The summed E-state index contributed by atoms with van der Waals surface area (Å²) in [4.78, 5) is 29.0. The maximum Gasteiger partial charge on any atom is 0.323 e. The van der Waals surface area contributed by atoms with Crippen LogP contribution in [-0.4, -0.2) is 52.5 Å². The highest BCUT2D eigenvalue weighted by Gasteiger charge is 2.23. The smallest absolute Gasteiger partial charge is 0.323 e. The van der Waals surface area contributed by atoms with Crippen molar-refractivity contribution in [1.29, 1.82) is 0 Å². The monoisotopic (exact) mass is 560 g/mol. The van der Waals surface area contributed by atoms with Crippen LogP contribution in [0.4, 0.5) is 11.4 Å². The van der Waals surface area contributed by atoms with Crippen molar-refractivity contribution in [3.63, 3.8) is 0 Å². The van der Waals surface area contributed by atoms with Gasteiger partial charge in [0.25, 0.3) is 0 Å². The Morgan fingerprint density at radius 1 is 1.27 bits per heavy atom. The Kier molecular flexibility index (Phi) is 10.1. The number of aromatic nitrogens is 3. The Hall–Kier alpha value is -4.64. The molecule has 0 aliphatic heterocycles. The number of anilines is 2. The molecule has 41 heavy (non-hydrogen) atoms. The number of hydrogen-bond donors (Lipinski definition) is 3. The van der Waals surface area contributed by atoms with E-state index in [1.807, 2.05) is 12.1 Å². The van der Waals surface area contributed by atoms with E-state index in [-0.39, 0.29) is 25.2 Å². The van der Waals surface area contributed by atoms with E-state index in [1.54, 1.807) is 50.0 Å². The number of benzene rings is 1. The average Bonchev–Trinajstić information content (AvgIpc) is 3.63. The second-order valence-corrected chi connectivity index (χ2v) is 9.69. The zero-order valence-electron chi connectivity index (χ0n) is 23.2. The van der Waals surface area contributed by atoms with Crippen molar-refractivity contribution in [2.45, 2.75) is 50.8 Å². The van der Waals surface area contributed by atoms with Crippen molar-refractivity contribution in [3.8, 4) is 11.5 Å². The molecular weight excluding hydrogens is 524 g/mol. The van der Waals surface area contributed by atoms with Gasteiger partial charge in [-0.05, 0) is 43.9 Å². The first-order chi connectivity index (χ1) is 19.9. The van der Waals surface area contributed by atoms with Crippen LogP contribution in [-0.2, 0) is 20.9 Å². The number of rotatable bonds is 14. The van der Waals surface area contributed by atoms with Crippen molar-refractivity contribution in [2.24, 2.45) is 5.73 Å². The van der Waals surface area contributed by atoms with Gasteiger partial charge in [0, 0.05) is 41.7 Å². The molecule has 1 aliphatic carbocycles. The zero-order valence-corrected chi connectivity index (χ0v) is 23.2. The van der Waals surface area contributed by atoms with E-state index in [0.717, 1.165) is 36.8 Å². The number of nitrogens with two attached hydrogens (primary N) is 1. The summed E-state index contributed by atoms with van der Waals surface area (Å²) in [5.74, 6) is 0.355. The molecule has 1 saturated carbocycles. The Labute approximate surface area is 239 Å². The third-order valence-electron chi connectivity index (χ3n) is 6.55. The van der Waals surface area contributed by atoms with E-state index in [2.05, 4.69) is 33.9 Å². The molecule has 1 amide bonds. The van der Waals surface area contributed by atoms with Gasteiger partial charge in [-0.2, -0.15) is 5.10 Å². The lowest BCUT2D eigenvalue weighted by molar-refractivity contribution is -0.150. The van der Waals surface area contributed by atoms with Gasteiger partial charge in [-0.3, -0.25) is 19.3 Å². The van der Waals surface area contributed by atoms with Gasteiger partial charge in [-0.1, -0.05) is 25.3 Å². The first-order valence-corrected chi connectivity index (χ1v) is 13.5. The number of methoxy groups -OCH3 is 1. The van der Waals surface area contributed by atoms with Crippen LogP contribution in [0.25, 0.3) is 10.9 Å². The molecule has 3 aromatic rings. The second kappa shape index (κ2) is 14.1. The number of nitrogens with one attached hydrogen (secondary N) is 2. The van der Waals surface area contributed by atoms with Crippen molar-refractivity contribution >= 4 is 34.2 Å². The minimum absolute atomic E-state index is 0.0201. The summed E-state index contributed by atoms with van der Waals surface area (Å²) in [5.41, 5.74) is 8.63. The summed E-state index contributed by atoms with van der Waals surface area (Å²) in [6.07, 6.45) is 14.2. The highest BCUT2D eigenvalue weighted by atomic mass is 16.5. The van der Waals surface area contributed by atoms with E-state index >= 15 is 0 Å². The standard InChI is InChI=1S/C30H36N6O5/c1-4-5-8-20(2)34-29(37)19-36-18-21(17-33-36)35-25-11-13-32-26-16-28(27(39-3)15-23(25)26)40-14-12-24(31)30(38)41-22-9-6-7-10-22/h4-5,8,11,13,15-18,22,24H,1-2,6-7,9-10,12,14,19,31H2,3H3,(H,32,35)(H,34,37)/b8-5-/t24-/m0/s1. The molecule has 0 bridgehead atoms. The SMILES string of the molecule is C=C/C=C\C(=C)NC(=O)Cn1cc(Nc2ccnc3cc(OCC[C@H](N)C(=O)OC4CCCC4)c(OC)cc23)cn1. The molecule has 216 valence electrons. The zero-order chi connectivity index (χ0) is 29.2. The molecule has 4 rings (SSSR count). The first kappa shape index (κ1) is 29.3. The molecule has 1 fully saturated rings. The van der Waals surface area contributed by atoms with Gasteiger partial charge in [0.05, 0.1) is 31.1 Å². The van der Waals surface area contributed by atoms with Gasteiger partial charge in [0.15, 0.2) is 11.5 Å². The van der Waals surface area contributed by atoms with Gasteiger partial charge < -0.3 is 30.6 Å². The van der Waals surface area contributed by atoms with Crippen molar-refractivity contribution in [3.05, 3.63) is 73.9 Å². The number of allylic oxidation sites excluding steroid dienone is 3. The number of fused-ring (bicyclic) bond motifs is 1. The van der Waals surface area contributed by atoms with Gasteiger partial charge in [-0.25, -0.2) is 0 Å². The van der Waals surface area contributed by atoms with E-state index in [4.69, 9.17) is 19.9 Å². The van der Waals surface area contributed by atoms with Crippen LogP contribution in [0.15, 0.2) is 73.9 Å². The molecule has 2 heterocycles. The Morgan fingerprint density at radius 3 is 2.83 bits per heavy atom. The number of nitrogens with zero attached hydrogens (tertiary/aromatic N) is 3. The lowest BCUT2D eigenvalue weighted by atomic mass is 10.1. The van der Waals surface area contributed by atoms with Crippen LogP contribution in [0.5, 0.6) is 11.5 Å². The summed E-state index contributed by atoms with van der Waals surface area (Å²) in [7, 11) is 1.55. The lowest BCUT2D eigenvalue weighted by Gasteiger charge is -2.17. The number of hydrogen-bond acceptors (Lipinski definition) is 9. The number of pyridine rings is 1. The summed E-state index contributed by atoms with van der Waals surface area (Å²) in [6, 6.07) is 4.69. The van der Waals surface area contributed by atoms with Crippen LogP contribution in [0, 0.1) is 0 Å². The quantitative estimate of drug-likeness (QED) is 0.196. The van der Waals surface area contributed by atoms with Crippen LogP contribution in [0.1, 0.15) is 32.1 Å². The topological polar surface area (TPSA) is 143 Å². The minimum Gasteiger partial charge on any atom is -0.493 e. The molecule has 1 atom stereocenters. The summed E-state index contributed by atoms with van der Waals surface area (Å²) < 4.78 is 18.5. The normalized spacial score (nSPS) is 14.1. The number of amides is 1. The predicted molar refractivity (Wildman–Crippen MR) is 157 cm³/mol. The van der Waals surface area contributed by atoms with Gasteiger partial charge in [-0.15, -0.1) is 0 Å². The van der Waals surface area contributed by atoms with Gasteiger partial charge in [0.1, 0.15) is 18.7 Å². The number of ether oxygens (including phenoxy) is 3. The van der Waals surface area contributed by atoms with Crippen molar-refractivity contribution in [2.75, 3.05) is 19.0 Å². The summed E-state index contributed by atoms with van der Waals surface area (Å²) >= 11 is 0. The maximum absolute atomic E-state index is 12.3. The van der Waals surface area contributed by atoms with E-state index in [0.29, 0.717) is 34.8 Å². The molecule has 2 aromatic heterocycles. The number of carbonyl (C=O) groups excluding carboxylic acids is 2. The fraction of sp³-hybridized carbons (Fsp3) is 0.333. The van der Waals surface area contributed by atoms with Gasteiger partial charge in [0.2, 0.25) is 5.91 Å². The maximum atomic E-state index is 12.3. The second-order valence-electron chi connectivity index (χ2n) is 9.69. The van der Waals surface area contributed by atoms with Gasteiger partial charge >= 0.3 is 5.97 Å². The Bertz CT molecular complexity index is 1430. The van der Waals surface area contributed by atoms with Crippen LogP contribution in [0.2, 0.25) is 0 Å². The summed E-state index contributed by atoms with van der Waals surface area (Å²) in [5, 5.41) is 11.1. The molecule has 11 nitrogen and oxygen atoms in total. The van der Waals surface area contributed by atoms with Crippen LogP contribution >= 0.6 is 0 Å². The largest absolute Gasteiger partial charge is 0.493 e. The molecule has 11 heteroatoms. The Morgan fingerprint density at radius 2 is 2.07 bits per heavy atom. The van der Waals surface area contributed by atoms with E-state index in [1.165, 1.54) is 4.68 Å². The van der Waals surface area contributed by atoms with Crippen molar-refractivity contribution in [1.82, 2.24) is 20.1 Å². The van der Waals surface area contributed by atoms with Crippen LogP contribution in [0.3, 0.4) is 0 Å². The lowest BCUT2D eigenvalue weighted by Crippen LogP contribution is -2.35. The summed E-state index contributed by atoms with van der Waals surface area (Å²) in [6.45, 7) is 7.60. The molecule has 4 N–H and O–H groups in total. The molecule has 1 aromatic carbocycles. The third kappa shape index (κ3) is 8.18. The molecule has 1 aliphatic rings. The molecule has 0 saturated heterocycles. The molecule has 0 unspecified atom stereocenters. The average molecular weight is 561 g/mol. The predicted octanol–water partition coefficient (Wildman–Crippen LogP) is 4.14. The number of carbonyl (C=O) groups is 2. The van der Waals surface area contributed by atoms with E-state index in [9.17, 15) is 9.59 Å². The number of esters is 1. The van der Waals surface area contributed by atoms with Crippen molar-refractivity contribution < 1.29 is 23.8 Å². The Balaban J connectivity index is 1.38. The molecule has 0 spiro atoms. The minimum atomic E-state index is -0.754. The highest BCUT2D eigenvalue weighted by molar-refractivity contribution is 5.95. The third-order valence-corrected chi connectivity index (χ3v) is 6.55. The fourth-order valence-corrected chi connectivity index (χ4v) is 4.47.